The van der Waals surface area contributed by atoms with E-state index in [4.69, 9.17) is 5.11 Å². The number of nitrogens with zero attached hydrogens (tertiary/aromatic N) is 1. The van der Waals surface area contributed by atoms with Crippen LogP contribution in [0, 0.1) is 0 Å². The third-order valence-electron chi connectivity index (χ3n) is 3.61. The lowest BCUT2D eigenvalue weighted by atomic mass is 10.1. The highest BCUT2D eigenvalue weighted by atomic mass is 16.3. The number of benzene rings is 1. The molecule has 0 saturated heterocycles. The molecule has 0 unspecified atom stereocenters. The molecule has 2 aromatic heterocycles. The number of ketones is 1. The number of hydrogen-bond acceptors (Lipinski definition) is 4. The Morgan fingerprint density at radius 2 is 2.05 bits per heavy atom. The molecule has 0 radical (unpaired) electrons. The summed E-state index contributed by atoms with van der Waals surface area (Å²) in [4.78, 5) is 19.7. The number of aromatic nitrogens is 2. The Balaban J connectivity index is 2.01. The van der Waals surface area contributed by atoms with Crippen molar-refractivity contribution in [3.63, 3.8) is 0 Å². The Hall–Kier alpha value is -2.24. The average molecular weight is 284 g/mol. The van der Waals surface area contributed by atoms with Gasteiger partial charge in [-0.05, 0) is 18.6 Å². The summed E-state index contributed by atoms with van der Waals surface area (Å²) >= 11 is 0. The second-order valence-corrected chi connectivity index (χ2v) is 5.05. The van der Waals surface area contributed by atoms with Gasteiger partial charge in [-0.3, -0.25) is 9.78 Å². The molecule has 1 aromatic carbocycles. The van der Waals surface area contributed by atoms with Crippen LogP contribution in [0.15, 0.2) is 36.5 Å². The van der Waals surface area contributed by atoms with E-state index in [1.165, 1.54) is 0 Å². The van der Waals surface area contributed by atoms with Gasteiger partial charge < -0.3 is 15.2 Å². The summed E-state index contributed by atoms with van der Waals surface area (Å²) in [5, 5.41) is 20.2. The molecule has 0 bridgehead atoms. The number of aliphatic hydroxyl groups is 2. The van der Waals surface area contributed by atoms with E-state index in [0.717, 1.165) is 21.8 Å². The molecule has 21 heavy (non-hydrogen) atoms. The number of fused-ring (bicyclic) bond motifs is 3. The van der Waals surface area contributed by atoms with Crippen molar-refractivity contribution in [2.75, 3.05) is 6.61 Å². The van der Waals surface area contributed by atoms with E-state index in [-0.39, 0.29) is 25.2 Å². The standard InChI is InChI=1S/C16H16N2O3/c19-9-10(20)5-6-14(21)16-15-12(7-8-17-16)11-3-1-2-4-13(11)18-15/h1-4,7-8,10,18-20H,5-6,9H2/t10-/m1/s1. The number of rotatable bonds is 5. The fourth-order valence-electron chi connectivity index (χ4n) is 2.49. The maximum absolute atomic E-state index is 12.3. The number of aromatic amines is 1. The van der Waals surface area contributed by atoms with Crippen LogP contribution in [0.25, 0.3) is 21.8 Å². The van der Waals surface area contributed by atoms with Gasteiger partial charge in [0.2, 0.25) is 0 Å². The van der Waals surface area contributed by atoms with Crippen LogP contribution in [-0.2, 0) is 0 Å². The van der Waals surface area contributed by atoms with Gasteiger partial charge in [0.15, 0.2) is 5.78 Å². The van der Waals surface area contributed by atoms with Crippen molar-refractivity contribution in [2.24, 2.45) is 0 Å². The highest BCUT2D eigenvalue weighted by molar-refractivity contribution is 6.14. The average Bonchev–Trinajstić information content (AvgIpc) is 2.90. The SMILES string of the molecule is O=C(CC[C@@H](O)CO)c1nccc2c1[nH]c1ccccc12. The molecular weight excluding hydrogens is 268 g/mol. The molecule has 5 heteroatoms. The minimum atomic E-state index is -0.865. The Labute approximate surface area is 121 Å². The Morgan fingerprint density at radius 1 is 1.24 bits per heavy atom. The third-order valence-corrected chi connectivity index (χ3v) is 3.61. The Kier molecular flexibility index (Phi) is 3.68. The second kappa shape index (κ2) is 5.63. The van der Waals surface area contributed by atoms with Crippen molar-refractivity contribution >= 4 is 27.6 Å². The molecule has 0 spiro atoms. The molecule has 0 aliphatic heterocycles. The fourth-order valence-corrected chi connectivity index (χ4v) is 2.49. The molecule has 0 aliphatic carbocycles. The van der Waals surface area contributed by atoms with E-state index >= 15 is 0 Å². The van der Waals surface area contributed by atoms with Crippen molar-refractivity contribution < 1.29 is 15.0 Å². The molecule has 3 aromatic rings. The molecule has 3 rings (SSSR count). The molecule has 0 aliphatic rings. The Bertz CT molecular complexity index is 794. The minimum absolute atomic E-state index is 0.139. The predicted octanol–water partition coefficient (Wildman–Crippen LogP) is 2.03. The zero-order valence-corrected chi connectivity index (χ0v) is 11.4. The summed E-state index contributed by atoms with van der Waals surface area (Å²) in [6.07, 6.45) is 1.14. The van der Waals surface area contributed by atoms with Crippen molar-refractivity contribution in [1.29, 1.82) is 0 Å². The first-order chi connectivity index (χ1) is 10.2. The van der Waals surface area contributed by atoms with Crippen molar-refractivity contribution in [3.05, 3.63) is 42.2 Å². The fraction of sp³-hybridized carbons (Fsp3) is 0.250. The maximum atomic E-state index is 12.3. The third kappa shape index (κ3) is 2.53. The van der Waals surface area contributed by atoms with E-state index in [1.54, 1.807) is 6.20 Å². The highest BCUT2D eigenvalue weighted by Crippen LogP contribution is 2.27. The summed E-state index contributed by atoms with van der Waals surface area (Å²) in [6.45, 7) is -0.336. The largest absolute Gasteiger partial charge is 0.394 e. The minimum Gasteiger partial charge on any atom is -0.394 e. The molecule has 1 atom stereocenters. The molecule has 108 valence electrons. The van der Waals surface area contributed by atoms with Crippen LogP contribution in [0.5, 0.6) is 0 Å². The van der Waals surface area contributed by atoms with Gasteiger partial charge in [-0.1, -0.05) is 18.2 Å². The van der Waals surface area contributed by atoms with Crippen LogP contribution in [0.1, 0.15) is 23.3 Å². The molecule has 0 saturated carbocycles. The zero-order valence-electron chi connectivity index (χ0n) is 11.4. The molecule has 5 nitrogen and oxygen atoms in total. The van der Waals surface area contributed by atoms with Crippen LogP contribution in [0.3, 0.4) is 0 Å². The number of Topliss-reactive ketones (excluding diaryl/α,β-unsaturated/α-hetero) is 1. The number of para-hydroxylation sites is 1. The molecule has 0 amide bonds. The van der Waals surface area contributed by atoms with Gasteiger partial charge in [0.25, 0.3) is 0 Å². The first-order valence-corrected chi connectivity index (χ1v) is 6.88. The van der Waals surface area contributed by atoms with Crippen LogP contribution in [0.2, 0.25) is 0 Å². The first kappa shape index (κ1) is 13.7. The number of H-pyrrole nitrogens is 1. The van der Waals surface area contributed by atoms with Crippen LogP contribution >= 0.6 is 0 Å². The number of carbonyl (C=O) groups excluding carboxylic acids is 1. The lowest BCUT2D eigenvalue weighted by molar-refractivity contribution is 0.0778. The van der Waals surface area contributed by atoms with Crippen LogP contribution in [-0.4, -0.2) is 38.7 Å². The topological polar surface area (TPSA) is 86.2 Å². The number of carbonyl (C=O) groups is 1. The monoisotopic (exact) mass is 284 g/mol. The smallest absolute Gasteiger partial charge is 0.183 e. The quantitative estimate of drug-likeness (QED) is 0.626. The van der Waals surface area contributed by atoms with E-state index < -0.39 is 6.10 Å². The number of aliphatic hydroxyl groups excluding tert-OH is 2. The first-order valence-electron chi connectivity index (χ1n) is 6.88. The molecular formula is C16H16N2O3. The van der Waals surface area contributed by atoms with Gasteiger partial charge in [0, 0.05) is 28.9 Å². The lowest BCUT2D eigenvalue weighted by Crippen LogP contribution is -2.14. The molecule has 0 fully saturated rings. The zero-order chi connectivity index (χ0) is 14.8. The van der Waals surface area contributed by atoms with Gasteiger partial charge in [-0.25, -0.2) is 0 Å². The van der Waals surface area contributed by atoms with Crippen molar-refractivity contribution in [2.45, 2.75) is 18.9 Å². The summed E-state index contributed by atoms with van der Waals surface area (Å²) in [6, 6.07) is 9.73. The van der Waals surface area contributed by atoms with Gasteiger partial charge in [0.05, 0.1) is 18.2 Å². The summed E-state index contributed by atoms with van der Waals surface area (Å²) in [5.41, 5.74) is 2.07. The van der Waals surface area contributed by atoms with Crippen LogP contribution < -0.4 is 0 Å². The number of nitrogens with one attached hydrogen (secondary N) is 1. The number of hydrogen-bond donors (Lipinski definition) is 3. The normalized spacial score (nSPS) is 12.9. The van der Waals surface area contributed by atoms with Crippen molar-refractivity contribution in [3.8, 4) is 0 Å². The summed E-state index contributed by atoms with van der Waals surface area (Å²) in [5.74, 6) is -0.139. The van der Waals surface area contributed by atoms with Gasteiger partial charge in [-0.2, -0.15) is 0 Å². The molecule has 2 heterocycles. The maximum Gasteiger partial charge on any atom is 0.183 e. The Morgan fingerprint density at radius 3 is 2.86 bits per heavy atom. The van der Waals surface area contributed by atoms with Crippen LogP contribution in [0.4, 0.5) is 0 Å². The van der Waals surface area contributed by atoms with Gasteiger partial charge >= 0.3 is 0 Å². The lowest BCUT2D eigenvalue weighted by Gasteiger charge is -2.06. The summed E-state index contributed by atoms with van der Waals surface area (Å²) in [7, 11) is 0. The van der Waals surface area contributed by atoms with E-state index in [1.807, 2.05) is 30.3 Å². The van der Waals surface area contributed by atoms with E-state index in [2.05, 4.69) is 9.97 Å². The van der Waals surface area contributed by atoms with Crippen molar-refractivity contribution in [1.82, 2.24) is 9.97 Å². The van der Waals surface area contributed by atoms with Gasteiger partial charge in [-0.15, -0.1) is 0 Å². The van der Waals surface area contributed by atoms with Gasteiger partial charge in [0.1, 0.15) is 5.69 Å². The highest BCUT2D eigenvalue weighted by Gasteiger charge is 2.16. The number of pyridine rings is 1. The summed E-state index contributed by atoms with van der Waals surface area (Å²) < 4.78 is 0. The second-order valence-electron chi connectivity index (χ2n) is 5.05. The predicted molar refractivity (Wildman–Crippen MR) is 80.3 cm³/mol. The van der Waals surface area contributed by atoms with E-state index in [0.29, 0.717) is 5.69 Å². The molecule has 3 N–H and O–H groups in total. The van der Waals surface area contributed by atoms with E-state index in [9.17, 15) is 9.90 Å².